The van der Waals surface area contributed by atoms with Crippen LogP contribution >= 0.6 is 11.6 Å². The summed E-state index contributed by atoms with van der Waals surface area (Å²) < 4.78 is 1.94. The summed E-state index contributed by atoms with van der Waals surface area (Å²) in [6.07, 6.45) is 5.26. The maximum absolute atomic E-state index is 5.93. The van der Waals surface area contributed by atoms with Crippen molar-refractivity contribution in [3.05, 3.63) is 29.6 Å². The van der Waals surface area contributed by atoms with Crippen LogP contribution in [0.25, 0.3) is 5.52 Å². The molecule has 5 heteroatoms. The topological polar surface area (TPSA) is 42.2 Å². The smallest absolute Gasteiger partial charge is 0.154 e. The molecule has 4 nitrogen and oxygen atoms in total. The lowest BCUT2D eigenvalue weighted by atomic mass is 10.3. The first-order chi connectivity index (χ1) is 6.74. The van der Waals surface area contributed by atoms with Gasteiger partial charge in [0.05, 0.1) is 12.2 Å². The van der Waals surface area contributed by atoms with Gasteiger partial charge in [0.15, 0.2) is 5.15 Å². The van der Waals surface area contributed by atoms with Crippen LogP contribution in [0.15, 0.2) is 18.6 Å². The Morgan fingerprint density at radius 2 is 2.29 bits per heavy atom. The molecule has 14 heavy (non-hydrogen) atoms. The van der Waals surface area contributed by atoms with Crippen molar-refractivity contribution < 1.29 is 0 Å². The Labute approximate surface area is 86.9 Å². The molecule has 1 unspecified atom stereocenters. The van der Waals surface area contributed by atoms with Crippen LogP contribution in [0.3, 0.4) is 0 Å². The Morgan fingerprint density at radius 3 is 3.00 bits per heavy atom. The number of imidazole rings is 1. The third-order valence-corrected chi connectivity index (χ3v) is 2.55. The zero-order valence-corrected chi connectivity index (χ0v) is 8.78. The van der Waals surface area contributed by atoms with E-state index in [1.807, 2.05) is 24.6 Å². The van der Waals surface area contributed by atoms with Crippen molar-refractivity contribution in [1.82, 2.24) is 19.7 Å². The largest absolute Gasteiger partial charge is 0.311 e. The minimum Gasteiger partial charge on any atom is -0.311 e. The van der Waals surface area contributed by atoms with Crippen molar-refractivity contribution in [2.45, 2.75) is 13.0 Å². The van der Waals surface area contributed by atoms with E-state index in [9.17, 15) is 0 Å². The van der Waals surface area contributed by atoms with E-state index in [0.717, 1.165) is 11.3 Å². The maximum atomic E-state index is 5.93. The third kappa shape index (κ3) is 1.36. The molecule has 0 aromatic carbocycles. The number of aromatic nitrogens is 3. The standard InChI is InChI=1S/C9H11ClN4/c1-6(11-2)9-13-5-7-8(10)12-3-4-14(7)9/h3-6,11H,1-2H3. The van der Waals surface area contributed by atoms with Gasteiger partial charge < -0.3 is 5.32 Å². The monoisotopic (exact) mass is 210 g/mol. The summed E-state index contributed by atoms with van der Waals surface area (Å²) in [5.41, 5.74) is 0.839. The highest BCUT2D eigenvalue weighted by molar-refractivity contribution is 6.32. The van der Waals surface area contributed by atoms with Gasteiger partial charge in [-0.05, 0) is 14.0 Å². The van der Waals surface area contributed by atoms with Crippen LogP contribution in [0.2, 0.25) is 5.15 Å². The molecule has 0 aliphatic heterocycles. The van der Waals surface area contributed by atoms with E-state index in [0.29, 0.717) is 5.15 Å². The number of rotatable bonds is 2. The molecule has 0 amide bonds. The molecule has 74 valence electrons. The first-order valence-electron chi connectivity index (χ1n) is 4.38. The van der Waals surface area contributed by atoms with Crippen molar-refractivity contribution in [2.24, 2.45) is 0 Å². The molecule has 0 saturated heterocycles. The van der Waals surface area contributed by atoms with E-state index in [1.165, 1.54) is 0 Å². The number of fused-ring (bicyclic) bond motifs is 1. The number of nitrogens with one attached hydrogen (secondary N) is 1. The van der Waals surface area contributed by atoms with Crippen LogP contribution in [-0.4, -0.2) is 21.4 Å². The molecule has 0 saturated carbocycles. The van der Waals surface area contributed by atoms with Crippen LogP contribution in [0.5, 0.6) is 0 Å². The second-order valence-electron chi connectivity index (χ2n) is 3.10. The van der Waals surface area contributed by atoms with Crippen LogP contribution in [0, 0.1) is 0 Å². The molecule has 0 radical (unpaired) electrons. The van der Waals surface area contributed by atoms with Crippen LogP contribution in [0.1, 0.15) is 18.8 Å². The van der Waals surface area contributed by atoms with E-state index < -0.39 is 0 Å². The zero-order chi connectivity index (χ0) is 10.1. The van der Waals surface area contributed by atoms with E-state index in [1.54, 1.807) is 12.4 Å². The number of hydrogen-bond donors (Lipinski definition) is 1. The molecule has 1 atom stereocenters. The SMILES string of the molecule is CNC(C)c1ncc2c(Cl)nccn12. The van der Waals surface area contributed by atoms with Gasteiger partial charge in [0.1, 0.15) is 11.3 Å². The first-order valence-corrected chi connectivity index (χ1v) is 4.76. The molecule has 2 aromatic rings. The minimum absolute atomic E-state index is 0.191. The molecule has 2 aromatic heterocycles. The Bertz CT molecular complexity index is 451. The lowest BCUT2D eigenvalue weighted by Crippen LogP contribution is -2.15. The van der Waals surface area contributed by atoms with E-state index in [-0.39, 0.29) is 6.04 Å². The number of halogens is 1. The van der Waals surface area contributed by atoms with Crippen molar-refractivity contribution in [1.29, 1.82) is 0 Å². The predicted octanol–water partition coefficient (Wildman–Crippen LogP) is 1.66. The zero-order valence-electron chi connectivity index (χ0n) is 8.03. The van der Waals surface area contributed by atoms with Gasteiger partial charge >= 0.3 is 0 Å². The normalized spacial score (nSPS) is 13.4. The minimum atomic E-state index is 0.191. The van der Waals surface area contributed by atoms with Crippen LogP contribution in [-0.2, 0) is 0 Å². The Balaban J connectivity index is 2.63. The second kappa shape index (κ2) is 3.55. The van der Waals surface area contributed by atoms with Crippen LogP contribution in [0.4, 0.5) is 0 Å². The average Bonchev–Trinajstić information content (AvgIpc) is 2.62. The van der Waals surface area contributed by atoms with Gasteiger partial charge in [0.25, 0.3) is 0 Å². The fraction of sp³-hybridized carbons (Fsp3) is 0.333. The lowest BCUT2D eigenvalue weighted by Gasteiger charge is -2.08. The molecule has 0 fully saturated rings. The molecule has 2 heterocycles. The fourth-order valence-electron chi connectivity index (χ4n) is 1.37. The van der Waals surface area contributed by atoms with Crippen LogP contribution < -0.4 is 5.32 Å². The van der Waals surface area contributed by atoms with Gasteiger partial charge in [-0.3, -0.25) is 4.40 Å². The Morgan fingerprint density at radius 1 is 1.50 bits per heavy atom. The molecule has 0 aliphatic rings. The van der Waals surface area contributed by atoms with Crippen molar-refractivity contribution in [2.75, 3.05) is 7.05 Å². The summed E-state index contributed by atoms with van der Waals surface area (Å²) in [7, 11) is 1.90. The van der Waals surface area contributed by atoms with E-state index >= 15 is 0 Å². The van der Waals surface area contributed by atoms with Crippen molar-refractivity contribution in [3.8, 4) is 0 Å². The molecule has 0 bridgehead atoms. The predicted molar refractivity (Wildman–Crippen MR) is 55.5 cm³/mol. The lowest BCUT2D eigenvalue weighted by molar-refractivity contribution is 0.608. The van der Waals surface area contributed by atoms with E-state index in [4.69, 9.17) is 11.6 Å². The van der Waals surface area contributed by atoms with Gasteiger partial charge in [-0.15, -0.1) is 0 Å². The van der Waals surface area contributed by atoms with Gasteiger partial charge in [-0.25, -0.2) is 9.97 Å². The number of nitrogens with zero attached hydrogens (tertiary/aromatic N) is 3. The second-order valence-corrected chi connectivity index (χ2v) is 3.46. The summed E-state index contributed by atoms with van der Waals surface area (Å²) in [5, 5.41) is 3.61. The van der Waals surface area contributed by atoms with Crippen molar-refractivity contribution >= 4 is 17.1 Å². The molecule has 2 rings (SSSR count). The number of hydrogen-bond acceptors (Lipinski definition) is 3. The summed E-state index contributed by atoms with van der Waals surface area (Å²) in [4.78, 5) is 8.29. The summed E-state index contributed by atoms with van der Waals surface area (Å²) in [6, 6.07) is 0.191. The average molecular weight is 211 g/mol. The van der Waals surface area contributed by atoms with Gasteiger partial charge in [0, 0.05) is 12.4 Å². The highest BCUT2D eigenvalue weighted by atomic mass is 35.5. The highest BCUT2D eigenvalue weighted by Crippen LogP contribution is 2.18. The van der Waals surface area contributed by atoms with Gasteiger partial charge in [0.2, 0.25) is 0 Å². The fourth-order valence-corrected chi connectivity index (χ4v) is 1.56. The summed E-state index contributed by atoms with van der Waals surface area (Å²) in [6.45, 7) is 2.04. The summed E-state index contributed by atoms with van der Waals surface area (Å²) in [5.74, 6) is 0.937. The van der Waals surface area contributed by atoms with Gasteiger partial charge in [-0.2, -0.15) is 0 Å². The van der Waals surface area contributed by atoms with Crippen molar-refractivity contribution in [3.63, 3.8) is 0 Å². The molecular formula is C9H11ClN4. The molecule has 0 spiro atoms. The summed E-state index contributed by atoms with van der Waals surface area (Å²) >= 11 is 5.93. The van der Waals surface area contributed by atoms with Gasteiger partial charge in [-0.1, -0.05) is 11.6 Å². The maximum Gasteiger partial charge on any atom is 0.154 e. The third-order valence-electron chi connectivity index (χ3n) is 2.26. The quantitative estimate of drug-likeness (QED) is 0.820. The molecular weight excluding hydrogens is 200 g/mol. The first kappa shape index (κ1) is 9.43. The molecule has 1 N–H and O–H groups in total. The van der Waals surface area contributed by atoms with E-state index in [2.05, 4.69) is 15.3 Å². The molecule has 0 aliphatic carbocycles. The Hall–Kier alpha value is -1.13. The Kier molecular flexibility index (Phi) is 2.39. The highest BCUT2D eigenvalue weighted by Gasteiger charge is 2.11.